The summed E-state index contributed by atoms with van der Waals surface area (Å²) in [7, 11) is 0. The van der Waals surface area contributed by atoms with Crippen molar-refractivity contribution in [1.82, 2.24) is 5.32 Å². The Morgan fingerprint density at radius 2 is 1.62 bits per heavy atom. The Morgan fingerprint density at radius 3 is 2.29 bits per heavy atom. The number of benzene rings is 2. The predicted molar refractivity (Wildman–Crippen MR) is 100 cm³/mol. The first-order chi connectivity index (χ1) is 11.8. The van der Waals surface area contributed by atoms with Crippen molar-refractivity contribution in [2.24, 2.45) is 0 Å². The van der Waals surface area contributed by atoms with E-state index in [1.165, 1.54) is 11.1 Å². The second-order valence-corrected chi connectivity index (χ2v) is 6.63. The first-order valence-electron chi connectivity index (χ1n) is 8.20. The minimum absolute atomic E-state index is 0.00331. The summed E-state index contributed by atoms with van der Waals surface area (Å²) in [5, 5.41) is 7.36. The number of carbonyl (C=O) groups excluding carboxylic acids is 1. The van der Waals surface area contributed by atoms with Crippen molar-refractivity contribution in [3.05, 3.63) is 94.2 Å². The summed E-state index contributed by atoms with van der Waals surface area (Å²) in [4.78, 5) is 12.4. The summed E-state index contributed by atoms with van der Waals surface area (Å²) in [6, 6.07) is 22.6. The highest BCUT2D eigenvalue weighted by Gasteiger charge is 2.15. The van der Waals surface area contributed by atoms with Crippen LogP contribution >= 0.6 is 11.3 Å². The van der Waals surface area contributed by atoms with Gasteiger partial charge in [0.05, 0.1) is 6.04 Å². The monoisotopic (exact) mass is 335 g/mol. The summed E-state index contributed by atoms with van der Waals surface area (Å²) >= 11 is 1.67. The third-order valence-electron chi connectivity index (χ3n) is 4.04. The molecule has 0 spiro atoms. The average Bonchev–Trinajstić information content (AvgIpc) is 3.15. The lowest BCUT2D eigenvalue weighted by atomic mass is 9.98. The molecule has 2 nitrogen and oxygen atoms in total. The topological polar surface area (TPSA) is 29.1 Å². The number of carbonyl (C=O) groups is 1. The number of aryl methyl sites for hydroxylation is 1. The van der Waals surface area contributed by atoms with Gasteiger partial charge < -0.3 is 5.32 Å². The van der Waals surface area contributed by atoms with Gasteiger partial charge >= 0.3 is 0 Å². The molecule has 1 atom stereocenters. The molecule has 0 saturated heterocycles. The lowest BCUT2D eigenvalue weighted by molar-refractivity contribution is -0.121. The lowest BCUT2D eigenvalue weighted by Crippen LogP contribution is -2.30. The molecule has 0 aliphatic heterocycles. The maximum atomic E-state index is 12.4. The third kappa shape index (κ3) is 4.80. The van der Waals surface area contributed by atoms with Crippen LogP contribution in [0.1, 0.15) is 29.2 Å². The molecule has 24 heavy (non-hydrogen) atoms. The van der Waals surface area contributed by atoms with Gasteiger partial charge in [-0.25, -0.2) is 0 Å². The van der Waals surface area contributed by atoms with E-state index in [4.69, 9.17) is 0 Å². The second kappa shape index (κ2) is 8.46. The van der Waals surface area contributed by atoms with Crippen LogP contribution in [0.15, 0.2) is 77.5 Å². The Labute approximate surface area is 147 Å². The standard InChI is InChI=1S/C21H21NOS/c23-21(12-11-18-13-14-24-16-18)22-20(19-9-5-2-6-10-19)15-17-7-3-1-4-8-17/h1-10,13-14,16,20H,11-12,15H2,(H,22,23). The normalized spacial score (nSPS) is 11.8. The maximum Gasteiger partial charge on any atom is 0.220 e. The van der Waals surface area contributed by atoms with Crippen molar-refractivity contribution in [2.75, 3.05) is 0 Å². The highest BCUT2D eigenvalue weighted by Crippen LogP contribution is 2.19. The summed E-state index contributed by atoms with van der Waals surface area (Å²) < 4.78 is 0. The zero-order valence-electron chi connectivity index (χ0n) is 13.5. The molecule has 3 aromatic rings. The van der Waals surface area contributed by atoms with Gasteiger partial charge in [0, 0.05) is 6.42 Å². The van der Waals surface area contributed by atoms with Gasteiger partial charge in [-0.3, -0.25) is 4.79 Å². The minimum Gasteiger partial charge on any atom is -0.349 e. The van der Waals surface area contributed by atoms with E-state index in [1.807, 2.05) is 36.4 Å². The number of nitrogens with one attached hydrogen (secondary N) is 1. The van der Waals surface area contributed by atoms with Crippen molar-refractivity contribution >= 4 is 17.2 Å². The van der Waals surface area contributed by atoms with Gasteiger partial charge in [-0.2, -0.15) is 11.3 Å². The summed E-state index contributed by atoms with van der Waals surface area (Å²) in [5.41, 5.74) is 3.60. The van der Waals surface area contributed by atoms with Crippen LogP contribution in [0.4, 0.5) is 0 Å². The third-order valence-corrected chi connectivity index (χ3v) is 4.77. The van der Waals surface area contributed by atoms with Crippen molar-refractivity contribution in [1.29, 1.82) is 0 Å². The van der Waals surface area contributed by atoms with Crippen LogP contribution < -0.4 is 5.32 Å². The first kappa shape index (κ1) is 16.5. The molecule has 3 rings (SSSR count). The zero-order valence-corrected chi connectivity index (χ0v) is 14.3. The molecule has 1 N–H and O–H groups in total. The van der Waals surface area contributed by atoms with E-state index in [0.29, 0.717) is 6.42 Å². The van der Waals surface area contributed by atoms with E-state index in [1.54, 1.807) is 11.3 Å². The Morgan fingerprint density at radius 1 is 0.917 bits per heavy atom. The molecule has 3 heteroatoms. The van der Waals surface area contributed by atoms with Crippen molar-refractivity contribution in [3.8, 4) is 0 Å². The smallest absolute Gasteiger partial charge is 0.220 e. The molecule has 1 amide bonds. The summed E-state index contributed by atoms with van der Waals surface area (Å²) in [6.45, 7) is 0. The molecular weight excluding hydrogens is 314 g/mol. The van der Waals surface area contributed by atoms with Gasteiger partial charge in [-0.05, 0) is 46.4 Å². The van der Waals surface area contributed by atoms with Crippen LogP contribution in [-0.2, 0) is 17.6 Å². The van der Waals surface area contributed by atoms with Crippen LogP contribution in [0.2, 0.25) is 0 Å². The van der Waals surface area contributed by atoms with Crippen molar-refractivity contribution < 1.29 is 4.79 Å². The largest absolute Gasteiger partial charge is 0.349 e. The van der Waals surface area contributed by atoms with E-state index in [0.717, 1.165) is 18.4 Å². The first-order valence-corrected chi connectivity index (χ1v) is 9.15. The Bertz CT molecular complexity index is 738. The highest BCUT2D eigenvalue weighted by molar-refractivity contribution is 7.07. The Kier molecular flexibility index (Phi) is 5.80. The van der Waals surface area contributed by atoms with Gasteiger partial charge in [0.2, 0.25) is 5.91 Å². The number of rotatable bonds is 7. The number of amides is 1. The fourth-order valence-corrected chi connectivity index (χ4v) is 3.45. The van der Waals surface area contributed by atoms with Gasteiger partial charge in [0.15, 0.2) is 0 Å². The molecule has 0 bridgehead atoms. The fraction of sp³-hybridized carbons (Fsp3) is 0.190. The van der Waals surface area contributed by atoms with Gasteiger partial charge in [0.25, 0.3) is 0 Å². The number of hydrogen-bond acceptors (Lipinski definition) is 2. The predicted octanol–water partition coefficient (Wildman–Crippen LogP) is 4.78. The van der Waals surface area contributed by atoms with Crippen LogP contribution in [0.3, 0.4) is 0 Å². The molecule has 1 heterocycles. The molecule has 0 radical (unpaired) electrons. The summed E-state index contributed by atoms with van der Waals surface area (Å²) in [6.07, 6.45) is 2.12. The van der Waals surface area contributed by atoms with E-state index in [2.05, 4.69) is 46.4 Å². The summed E-state index contributed by atoms with van der Waals surface area (Å²) in [5.74, 6) is 0.103. The average molecular weight is 335 g/mol. The van der Waals surface area contributed by atoms with Gasteiger partial charge in [0.1, 0.15) is 0 Å². The molecule has 0 aliphatic rings. The van der Waals surface area contributed by atoms with Gasteiger partial charge in [-0.15, -0.1) is 0 Å². The lowest BCUT2D eigenvalue weighted by Gasteiger charge is -2.19. The van der Waals surface area contributed by atoms with Crippen LogP contribution in [0, 0.1) is 0 Å². The molecule has 0 fully saturated rings. The number of hydrogen-bond donors (Lipinski definition) is 1. The van der Waals surface area contributed by atoms with Crippen LogP contribution in [0.25, 0.3) is 0 Å². The van der Waals surface area contributed by atoms with Crippen molar-refractivity contribution in [2.45, 2.75) is 25.3 Å². The van der Waals surface area contributed by atoms with Crippen LogP contribution in [-0.4, -0.2) is 5.91 Å². The highest BCUT2D eigenvalue weighted by atomic mass is 32.1. The minimum atomic E-state index is 0.00331. The van der Waals surface area contributed by atoms with Crippen LogP contribution in [0.5, 0.6) is 0 Å². The van der Waals surface area contributed by atoms with E-state index in [-0.39, 0.29) is 11.9 Å². The molecule has 0 saturated carbocycles. The molecule has 0 aliphatic carbocycles. The fourth-order valence-electron chi connectivity index (χ4n) is 2.75. The Hall–Kier alpha value is -2.39. The quantitative estimate of drug-likeness (QED) is 0.661. The maximum absolute atomic E-state index is 12.4. The zero-order chi connectivity index (χ0) is 16.6. The van der Waals surface area contributed by atoms with E-state index in [9.17, 15) is 4.79 Å². The van der Waals surface area contributed by atoms with Gasteiger partial charge in [-0.1, -0.05) is 60.7 Å². The van der Waals surface area contributed by atoms with E-state index >= 15 is 0 Å². The Balaban J connectivity index is 1.66. The number of thiophene rings is 1. The molecule has 1 aromatic heterocycles. The SMILES string of the molecule is O=C(CCc1ccsc1)NC(Cc1ccccc1)c1ccccc1. The molecule has 1 unspecified atom stereocenters. The molecule has 2 aromatic carbocycles. The second-order valence-electron chi connectivity index (χ2n) is 5.85. The molecule has 122 valence electrons. The molecular formula is C21H21NOS. The van der Waals surface area contributed by atoms with E-state index < -0.39 is 0 Å². The van der Waals surface area contributed by atoms with Crippen molar-refractivity contribution in [3.63, 3.8) is 0 Å².